The normalized spacial score (nSPS) is 52.6. The van der Waals surface area contributed by atoms with Gasteiger partial charge >= 0.3 is 5.97 Å². The molecule has 0 amide bonds. The molecule has 3 saturated carbocycles. The van der Waals surface area contributed by atoms with Crippen LogP contribution >= 0.6 is 0 Å². The summed E-state index contributed by atoms with van der Waals surface area (Å²) in [5, 5.41) is 0. The van der Waals surface area contributed by atoms with Crippen LogP contribution in [0, 0.1) is 28.6 Å². The van der Waals surface area contributed by atoms with Crippen LogP contribution < -0.4 is 0 Å². The van der Waals surface area contributed by atoms with Crippen molar-refractivity contribution in [2.45, 2.75) is 90.4 Å². The fraction of sp³-hybridized carbons (Fsp3) is 0.826. The summed E-state index contributed by atoms with van der Waals surface area (Å²) < 4.78 is 11.6. The smallest absolute Gasteiger partial charge is 0.302 e. The molecule has 0 spiro atoms. The molecule has 1 aliphatic heterocycles. The quantitative estimate of drug-likeness (QED) is 0.414. The lowest BCUT2D eigenvalue weighted by atomic mass is 9.47. The zero-order valence-corrected chi connectivity index (χ0v) is 17.0. The molecule has 4 nitrogen and oxygen atoms in total. The average Bonchev–Trinajstić information content (AvgIpc) is 3.27. The van der Waals surface area contributed by atoms with Crippen LogP contribution in [0.3, 0.4) is 0 Å². The Bertz CT molecular complexity index is 741. The predicted octanol–water partition coefficient (Wildman–Crippen LogP) is 4.22. The van der Waals surface area contributed by atoms with Crippen molar-refractivity contribution >= 4 is 11.8 Å². The fourth-order valence-corrected chi connectivity index (χ4v) is 8.03. The van der Waals surface area contributed by atoms with Crippen molar-refractivity contribution in [1.82, 2.24) is 0 Å². The van der Waals surface area contributed by atoms with Gasteiger partial charge in [-0.15, -0.1) is 0 Å². The number of hydrogen-bond acceptors (Lipinski definition) is 4. The zero-order valence-electron chi connectivity index (χ0n) is 17.0. The Morgan fingerprint density at radius 1 is 1.15 bits per heavy atom. The van der Waals surface area contributed by atoms with Crippen molar-refractivity contribution in [3.63, 3.8) is 0 Å². The van der Waals surface area contributed by atoms with Crippen LogP contribution in [-0.4, -0.2) is 29.6 Å². The van der Waals surface area contributed by atoms with Crippen LogP contribution in [0.2, 0.25) is 0 Å². The molecule has 0 bridgehead atoms. The van der Waals surface area contributed by atoms with Gasteiger partial charge in [0.2, 0.25) is 0 Å². The van der Waals surface area contributed by atoms with E-state index in [2.05, 4.69) is 19.9 Å². The van der Waals surface area contributed by atoms with Gasteiger partial charge in [0, 0.05) is 18.8 Å². The first-order valence-corrected chi connectivity index (χ1v) is 10.8. The van der Waals surface area contributed by atoms with E-state index < -0.39 is 5.60 Å². The molecule has 148 valence electrons. The summed E-state index contributed by atoms with van der Waals surface area (Å²) in [7, 11) is 0. The first kappa shape index (κ1) is 17.9. The minimum atomic E-state index is -0.472. The van der Waals surface area contributed by atoms with Gasteiger partial charge in [0.25, 0.3) is 0 Å². The lowest BCUT2D eigenvalue weighted by Crippen LogP contribution is -2.54. The zero-order chi connectivity index (χ0) is 19.2. The Labute approximate surface area is 162 Å². The molecule has 5 rings (SSSR count). The largest absolute Gasteiger partial charge is 0.462 e. The summed E-state index contributed by atoms with van der Waals surface area (Å²) in [5.41, 5.74) is 1.30. The van der Waals surface area contributed by atoms with Crippen molar-refractivity contribution in [1.29, 1.82) is 0 Å². The van der Waals surface area contributed by atoms with Gasteiger partial charge in [-0.05, 0) is 68.6 Å². The van der Waals surface area contributed by atoms with Crippen LogP contribution in [0.15, 0.2) is 11.6 Å². The van der Waals surface area contributed by atoms with Gasteiger partial charge in [0.15, 0.2) is 11.4 Å². The third-order valence-corrected chi connectivity index (χ3v) is 9.34. The lowest BCUT2D eigenvalue weighted by molar-refractivity contribution is -0.149. The molecule has 4 fully saturated rings. The molecule has 4 aliphatic carbocycles. The molecule has 4 heteroatoms. The number of esters is 1. The molecular weight excluding hydrogens is 340 g/mol. The molecule has 0 N–H and O–H groups in total. The maximum Gasteiger partial charge on any atom is 0.302 e. The van der Waals surface area contributed by atoms with Gasteiger partial charge in [-0.3, -0.25) is 9.59 Å². The number of carbonyl (C=O) groups is 2. The Morgan fingerprint density at radius 2 is 1.93 bits per heavy atom. The third kappa shape index (κ3) is 2.14. The van der Waals surface area contributed by atoms with E-state index in [1.54, 1.807) is 6.92 Å². The monoisotopic (exact) mass is 372 g/mol. The summed E-state index contributed by atoms with van der Waals surface area (Å²) >= 11 is 0. The molecule has 1 heterocycles. The van der Waals surface area contributed by atoms with E-state index in [1.165, 1.54) is 18.9 Å². The van der Waals surface area contributed by atoms with Crippen LogP contribution in [0.4, 0.5) is 0 Å². The average molecular weight is 373 g/mol. The number of rotatable bonds is 2. The Kier molecular flexibility index (Phi) is 3.62. The summed E-state index contributed by atoms with van der Waals surface area (Å²) in [4.78, 5) is 23.8. The van der Waals surface area contributed by atoms with Gasteiger partial charge in [0.05, 0.1) is 6.10 Å². The minimum absolute atomic E-state index is 0.0152. The second-order valence-electron chi connectivity index (χ2n) is 10.3. The molecule has 27 heavy (non-hydrogen) atoms. The first-order valence-electron chi connectivity index (χ1n) is 10.8. The third-order valence-electron chi connectivity index (χ3n) is 9.34. The van der Waals surface area contributed by atoms with Gasteiger partial charge in [-0.25, -0.2) is 0 Å². The molecule has 0 unspecified atom stereocenters. The maximum absolute atomic E-state index is 12.5. The maximum atomic E-state index is 12.5. The SMILES string of the molecule is CC(=O)O[C@@H]1CC[C@]2(C)C(=CC[C@H]3[C@@H]4C[C@H]5O[C@@]5(C(C)=O)[C@@]4(C)CC[C@@H]32)C1. The number of fused-ring (bicyclic) bond motifs is 7. The highest BCUT2D eigenvalue weighted by molar-refractivity contribution is 5.90. The standard InChI is InChI=1S/C23H32O4/c1-13(24)23-20(27-23)12-19-17-6-5-15-11-16(26-14(2)25)7-9-21(15,3)18(17)8-10-22(19,23)4/h5,16-20H,6-12H2,1-4H3/t16-,17-,18+,19+,20-,21-,22+,23-/m1/s1. The van der Waals surface area contributed by atoms with Gasteiger partial charge in [-0.1, -0.05) is 25.5 Å². The van der Waals surface area contributed by atoms with Gasteiger partial charge in [0.1, 0.15) is 6.10 Å². The topological polar surface area (TPSA) is 55.9 Å². The molecule has 0 aromatic carbocycles. The molecule has 5 aliphatic rings. The van der Waals surface area contributed by atoms with Crippen LogP contribution in [-0.2, 0) is 19.1 Å². The number of epoxide rings is 1. The lowest BCUT2D eigenvalue weighted by Gasteiger charge is -2.58. The molecule has 0 radical (unpaired) electrons. The van der Waals surface area contributed by atoms with Crippen LogP contribution in [0.25, 0.3) is 0 Å². The number of hydrogen-bond donors (Lipinski definition) is 0. The van der Waals surface area contributed by atoms with Crippen molar-refractivity contribution < 1.29 is 19.1 Å². The highest BCUT2D eigenvalue weighted by Crippen LogP contribution is 2.73. The van der Waals surface area contributed by atoms with Crippen LogP contribution in [0.5, 0.6) is 0 Å². The summed E-state index contributed by atoms with van der Waals surface area (Å²) in [6, 6.07) is 0. The summed E-state index contributed by atoms with van der Waals surface area (Å²) in [6.07, 6.45) is 10.1. The highest BCUT2D eigenvalue weighted by Gasteiger charge is 2.79. The summed E-state index contributed by atoms with van der Waals surface area (Å²) in [5.74, 6) is 2.03. The predicted molar refractivity (Wildman–Crippen MR) is 101 cm³/mol. The van der Waals surface area contributed by atoms with E-state index in [9.17, 15) is 9.59 Å². The first-order chi connectivity index (χ1) is 12.7. The van der Waals surface area contributed by atoms with Gasteiger partial charge < -0.3 is 9.47 Å². The number of Topliss-reactive ketones (excluding diaryl/α,β-unsaturated/α-hetero) is 1. The van der Waals surface area contributed by atoms with Crippen molar-refractivity contribution in [2.24, 2.45) is 28.6 Å². The van der Waals surface area contributed by atoms with E-state index in [4.69, 9.17) is 9.47 Å². The van der Waals surface area contributed by atoms with E-state index in [0.29, 0.717) is 17.8 Å². The fourth-order valence-electron chi connectivity index (χ4n) is 8.03. The second-order valence-corrected chi connectivity index (χ2v) is 10.3. The number of carbonyl (C=O) groups excluding carboxylic acids is 2. The molecule has 1 saturated heterocycles. The van der Waals surface area contributed by atoms with Crippen LogP contribution in [0.1, 0.15) is 72.6 Å². The molecule has 0 aromatic heterocycles. The van der Waals surface area contributed by atoms with Crippen molar-refractivity contribution in [2.75, 3.05) is 0 Å². The Balaban J connectivity index is 1.43. The van der Waals surface area contributed by atoms with E-state index in [0.717, 1.165) is 38.5 Å². The number of ketones is 1. The van der Waals surface area contributed by atoms with Gasteiger partial charge in [-0.2, -0.15) is 0 Å². The van der Waals surface area contributed by atoms with E-state index >= 15 is 0 Å². The van der Waals surface area contributed by atoms with Crippen molar-refractivity contribution in [3.05, 3.63) is 11.6 Å². The Hall–Kier alpha value is -1.16. The molecule has 0 aromatic rings. The number of ether oxygens (including phenoxy) is 2. The van der Waals surface area contributed by atoms with E-state index in [1.807, 2.05) is 0 Å². The highest BCUT2D eigenvalue weighted by atomic mass is 16.6. The second kappa shape index (κ2) is 5.46. The van der Waals surface area contributed by atoms with E-state index in [-0.39, 0.29) is 34.8 Å². The molecule has 8 atom stereocenters. The van der Waals surface area contributed by atoms with Crippen molar-refractivity contribution in [3.8, 4) is 0 Å². The Morgan fingerprint density at radius 3 is 2.63 bits per heavy atom. The summed E-state index contributed by atoms with van der Waals surface area (Å²) in [6.45, 7) is 8.03. The minimum Gasteiger partial charge on any atom is -0.462 e. The molecular formula is C23H32O4. The number of allylic oxidation sites excluding steroid dienone is 1.